The van der Waals surface area contributed by atoms with Gasteiger partial charge >= 0.3 is 5.97 Å². The van der Waals surface area contributed by atoms with Gasteiger partial charge in [-0.25, -0.2) is 9.97 Å². The lowest BCUT2D eigenvalue weighted by atomic mass is 10.3. The van der Waals surface area contributed by atoms with Gasteiger partial charge in [0, 0.05) is 12.4 Å². The molecule has 0 aromatic carbocycles. The molecule has 0 fully saturated rings. The normalized spacial score (nSPS) is 10.9. The molecule has 0 saturated heterocycles. The molecule has 0 saturated carbocycles. The fraction of sp³-hybridized carbons (Fsp3) is 0.312. The predicted molar refractivity (Wildman–Crippen MR) is 107 cm³/mol. The fourth-order valence-electron chi connectivity index (χ4n) is 2.19. The van der Waals surface area contributed by atoms with Crippen molar-refractivity contribution in [2.45, 2.75) is 18.5 Å². The number of rotatable bonds is 7. The van der Waals surface area contributed by atoms with Crippen molar-refractivity contribution in [3.8, 4) is 0 Å². The number of hydrogen-bond acceptors (Lipinski definition) is 9. The topological polar surface area (TPSA) is 103 Å². The molecule has 11 heteroatoms. The Hall–Kier alpha value is -2.24. The number of thiazole rings is 1. The Labute approximate surface area is 166 Å². The van der Waals surface area contributed by atoms with E-state index in [0.717, 1.165) is 0 Å². The molecule has 0 spiro atoms. The van der Waals surface area contributed by atoms with Gasteiger partial charge < -0.3 is 10.1 Å². The van der Waals surface area contributed by atoms with Gasteiger partial charge in [0.05, 0.1) is 30.0 Å². The van der Waals surface area contributed by atoms with Gasteiger partial charge in [0.2, 0.25) is 5.91 Å². The van der Waals surface area contributed by atoms with Crippen LogP contribution < -0.4 is 10.9 Å². The number of ether oxygens (including phenoxy) is 1. The maximum absolute atomic E-state index is 12.3. The maximum atomic E-state index is 12.3. The van der Waals surface area contributed by atoms with Crippen molar-refractivity contribution in [2.75, 3.05) is 17.7 Å². The van der Waals surface area contributed by atoms with E-state index in [2.05, 4.69) is 15.3 Å². The maximum Gasteiger partial charge on any atom is 0.311 e. The van der Waals surface area contributed by atoms with Gasteiger partial charge in [-0.2, -0.15) is 0 Å². The largest absolute Gasteiger partial charge is 0.466 e. The number of nitrogens with one attached hydrogen (secondary N) is 1. The number of amides is 1. The van der Waals surface area contributed by atoms with E-state index in [1.807, 2.05) is 5.38 Å². The summed E-state index contributed by atoms with van der Waals surface area (Å²) in [6.07, 6.45) is 0.0711. The first-order chi connectivity index (χ1) is 13.0. The molecule has 0 aliphatic heterocycles. The van der Waals surface area contributed by atoms with Crippen LogP contribution in [0, 0.1) is 0 Å². The summed E-state index contributed by atoms with van der Waals surface area (Å²) in [5, 5.41) is 7.09. The standard InChI is InChI=1S/C16H16N4O4S3/c1-3-24-12(22)6-9-7-26-15(17-9)19-11(21)8-27-16-18-10-4-5-25-13(10)14(23)20(16)2/h4-5,7H,3,6,8H2,1-2H3,(H,17,19,21). The number of nitrogens with zero attached hydrogens (tertiary/aromatic N) is 3. The second kappa shape index (κ2) is 8.63. The Balaban J connectivity index is 1.59. The van der Waals surface area contributed by atoms with Gasteiger partial charge in [-0.05, 0) is 18.4 Å². The minimum atomic E-state index is -0.355. The van der Waals surface area contributed by atoms with Crippen molar-refractivity contribution in [1.29, 1.82) is 0 Å². The summed E-state index contributed by atoms with van der Waals surface area (Å²) in [5.74, 6) is -0.536. The van der Waals surface area contributed by atoms with E-state index >= 15 is 0 Å². The number of carbonyl (C=O) groups excluding carboxylic acids is 2. The molecule has 3 aromatic heterocycles. The Morgan fingerprint density at radius 3 is 2.93 bits per heavy atom. The van der Waals surface area contributed by atoms with Crippen LogP contribution in [-0.2, 0) is 27.8 Å². The summed E-state index contributed by atoms with van der Waals surface area (Å²) >= 11 is 3.76. The highest BCUT2D eigenvalue weighted by molar-refractivity contribution is 7.99. The molecule has 8 nitrogen and oxygen atoms in total. The monoisotopic (exact) mass is 424 g/mol. The van der Waals surface area contributed by atoms with Crippen molar-refractivity contribution >= 4 is 61.7 Å². The second-order valence-corrected chi connectivity index (χ2v) is 8.07. The summed E-state index contributed by atoms with van der Waals surface area (Å²) in [7, 11) is 1.64. The van der Waals surface area contributed by atoms with Gasteiger partial charge in [0.25, 0.3) is 5.56 Å². The first-order valence-corrected chi connectivity index (χ1v) is 10.7. The fourth-order valence-corrected chi connectivity index (χ4v) is 4.49. The highest BCUT2D eigenvalue weighted by atomic mass is 32.2. The Morgan fingerprint density at radius 1 is 1.33 bits per heavy atom. The zero-order valence-electron chi connectivity index (χ0n) is 14.6. The number of aromatic nitrogens is 3. The van der Waals surface area contributed by atoms with E-state index in [9.17, 15) is 14.4 Å². The number of thioether (sulfide) groups is 1. The van der Waals surface area contributed by atoms with Crippen LogP contribution >= 0.6 is 34.4 Å². The Morgan fingerprint density at radius 2 is 2.15 bits per heavy atom. The van der Waals surface area contributed by atoms with Gasteiger partial charge in [0.1, 0.15) is 4.70 Å². The molecule has 142 valence electrons. The van der Waals surface area contributed by atoms with Gasteiger partial charge in [0.15, 0.2) is 10.3 Å². The SMILES string of the molecule is CCOC(=O)Cc1csc(NC(=O)CSc2nc3ccsc3c(=O)n2C)n1. The molecule has 3 heterocycles. The number of anilines is 1. The lowest BCUT2D eigenvalue weighted by Gasteiger charge is -2.06. The summed E-state index contributed by atoms with van der Waals surface area (Å²) < 4.78 is 6.91. The number of hydrogen-bond donors (Lipinski definition) is 1. The van der Waals surface area contributed by atoms with Gasteiger partial charge in [-0.3, -0.25) is 19.0 Å². The van der Waals surface area contributed by atoms with E-state index in [1.165, 1.54) is 39.0 Å². The minimum Gasteiger partial charge on any atom is -0.466 e. The Kier molecular flexibility index (Phi) is 6.24. The number of esters is 1. The van der Waals surface area contributed by atoms with E-state index in [0.29, 0.717) is 32.8 Å². The van der Waals surface area contributed by atoms with E-state index < -0.39 is 0 Å². The first kappa shape index (κ1) is 19.5. The zero-order chi connectivity index (χ0) is 19.4. The van der Waals surface area contributed by atoms with Crippen molar-refractivity contribution in [3.05, 3.63) is 32.9 Å². The molecule has 1 amide bonds. The molecule has 0 bridgehead atoms. The van der Waals surface area contributed by atoms with Crippen LogP contribution in [0.1, 0.15) is 12.6 Å². The van der Waals surface area contributed by atoms with Crippen molar-refractivity contribution < 1.29 is 14.3 Å². The molecule has 3 rings (SSSR count). The molecule has 0 aliphatic rings. The lowest BCUT2D eigenvalue weighted by Crippen LogP contribution is -2.20. The van der Waals surface area contributed by atoms with Crippen LogP contribution in [0.2, 0.25) is 0 Å². The highest BCUT2D eigenvalue weighted by Gasteiger charge is 2.13. The van der Waals surface area contributed by atoms with Gasteiger partial charge in [-0.15, -0.1) is 22.7 Å². The third-order valence-electron chi connectivity index (χ3n) is 3.41. The first-order valence-electron chi connectivity index (χ1n) is 7.94. The molecular formula is C16H16N4O4S3. The van der Waals surface area contributed by atoms with Crippen molar-refractivity contribution in [3.63, 3.8) is 0 Å². The van der Waals surface area contributed by atoms with Gasteiger partial charge in [-0.1, -0.05) is 11.8 Å². The van der Waals surface area contributed by atoms with Crippen LogP contribution in [0.25, 0.3) is 10.2 Å². The number of carbonyl (C=O) groups is 2. The molecule has 0 radical (unpaired) electrons. The molecular weight excluding hydrogens is 408 g/mol. The molecule has 0 atom stereocenters. The predicted octanol–water partition coefficient (Wildman–Crippen LogP) is 2.29. The van der Waals surface area contributed by atoms with Crippen molar-refractivity contribution in [2.24, 2.45) is 7.05 Å². The quantitative estimate of drug-likeness (QED) is 0.353. The average Bonchev–Trinajstić information content (AvgIpc) is 3.26. The van der Waals surface area contributed by atoms with Crippen LogP contribution in [-0.4, -0.2) is 38.8 Å². The third-order valence-corrected chi connectivity index (χ3v) is 6.14. The number of thiophene rings is 1. The lowest BCUT2D eigenvalue weighted by molar-refractivity contribution is -0.142. The van der Waals surface area contributed by atoms with E-state index in [-0.39, 0.29) is 29.6 Å². The number of fused-ring (bicyclic) bond motifs is 1. The van der Waals surface area contributed by atoms with E-state index in [4.69, 9.17) is 4.74 Å². The molecule has 27 heavy (non-hydrogen) atoms. The smallest absolute Gasteiger partial charge is 0.311 e. The Bertz CT molecular complexity index is 1040. The molecule has 1 N–H and O–H groups in total. The third kappa shape index (κ3) is 4.73. The van der Waals surface area contributed by atoms with Crippen LogP contribution in [0.4, 0.5) is 5.13 Å². The average molecular weight is 425 g/mol. The van der Waals surface area contributed by atoms with E-state index in [1.54, 1.807) is 25.4 Å². The summed E-state index contributed by atoms with van der Waals surface area (Å²) in [6, 6.07) is 1.78. The van der Waals surface area contributed by atoms with Crippen LogP contribution in [0.15, 0.2) is 26.8 Å². The second-order valence-electron chi connectivity index (χ2n) is 5.36. The molecule has 0 aliphatic carbocycles. The molecule has 3 aromatic rings. The summed E-state index contributed by atoms with van der Waals surface area (Å²) in [5.41, 5.74) is 1.06. The highest BCUT2D eigenvalue weighted by Crippen LogP contribution is 2.21. The van der Waals surface area contributed by atoms with Crippen LogP contribution in [0.5, 0.6) is 0 Å². The molecule has 0 unspecified atom stereocenters. The zero-order valence-corrected chi connectivity index (χ0v) is 17.0. The summed E-state index contributed by atoms with van der Waals surface area (Å²) in [6.45, 7) is 2.06. The van der Waals surface area contributed by atoms with Crippen molar-refractivity contribution in [1.82, 2.24) is 14.5 Å². The summed E-state index contributed by atoms with van der Waals surface area (Å²) in [4.78, 5) is 44.5. The van der Waals surface area contributed by atoms with Crippen LogP contribution in [0.3, 0.4) is 0 Å². The minimum absolute atomic E-state index is 0.0711.